The fraction of sp³-hybridized carbons (Fsp3) is 0.364. The number of rotatable bonds is 5. The van der Waals surface area contributed by atoms with Crippen molar-refractivity contribution in [2.75, 3.05) is 13.0 Å². The van der Waals surface area contributed by atoms with Gasteiger partial charge in [-0.1, -0.05) is 0 Å². The summed E-state index contributed by atoms with van der Waals surface area (Å²) in [6.45, 7) is 0. The molecule has 1 aromatic rings. The van der Waals surface area contributed by atoms with Crippen LogP contribution in [0, 0.1) is 5.82 Å². The molecule has 1 aromatic carbocycles. The number of hydrogen-bond acceptors (Lipinski definition) is 2. The van der Waals surface area contributed by atoms with E-state index in [1.807, 2.05) is 0 Å². The largest absolute Gasteiger partial charge is 0.494 e. The number of ketones is 1. The van der Waals surface area contributed by atoms with Crippen LogP contribution >= 0.6 is 11.6 Å². The SMILES string of the molecule is COc1cc(C(=O)CCCCl)ccc1F. The Morgan fingerprint density at radius 3 is 2.87 bits per heavy atom. The van der Waals surface area contributed by atoms with Crippen molar-refractivity contribution in [2.24, 2.45) is 0 Å². The van der Waals surface area contributed by atoms with Gasteiger partial charge in [-0.25, -0.2) is 4.39 Å². The highest BCUT2D eigenvalue weighted by Crippen LogP contribution is 2.19. The van der Waals surface area contributed by atoms with Crippen LogP contribution < -0.4 is 4.74 Å². The standard InChI is InChI=1S/C11H12ClFO2/c1-15-11-7-8(4-5-9(11)13)10(14)3-2-6-12/h4-5,7H,2-3,6H2,1H3. The second-order valence-corrected chi connectivity index (χ2v) is 3.44. The Bertz CT molecular complexity index is 352. The van der Waals surface area contributed by atoms with Gasteiger partial charge in [-0.2, -0.15) is 0 Å². The number of halogens is 2. The molecule has 2 nitrogen and oxygen atoms in total. The summed E-state index contributed by atoms with van der Waals surface area (Å²) in [7, 11) is 1.37. The molecule has 0 aliphatic rings. The van der Waals surface area contributed by atoms with Gasteiger partial charge in [-0.05, 0) is 24.6 Å². The number of hydrogen-bond donors (Lipinski definition) is 0. The van der Waals surface area contributed by atoms with Crippen LogP contribution in [0.4, 0.5) is 4.39 Å². The van der Waals surface area contributed by atoms with Gasteiger partial charge in [0.25, 0.3) is 0 Å². The first-order chi connectivity index (χ1) is 7.19. The van der Waals surface area contributed by atoms with E-state index in [4.69, 9.17) is 16.3 Å². The Hall–Kier alpha value is -1.09. The number of methoxy groups -OCH3 is 1. The molecule has 0 amide bonds. The Morgan fingerprint density at radius 2 is 2.27 bits per heavy atom. The molecule has 0 saturated heterocycles. The van der Waals surface area contributed by atoms with Crippen molar-refractivity contribution in [2.45, 2.75) is 12.8 Å². The van der Waals surface area contributed by atoms with Gasteiger partial charge in [-0.15, -0.1) is 11.6 Å². The second kappa shape index (κ2) is 5.71. The van der Waals surface area contributed by atoms with Crippen LogP contribution in [0.5, 0.6) is 5.75 Å². The van der Waals surface area contributed by atoms with E-state index in [0.29, 0.717) is 24.3 Å². The highest BCUT2D eigenvalue weighted by Gasteiger charge is 2.09. The Kier molecular flexibility index (Phi) is 4.56. The summed E-state index contributed by atoms with van der Waals surface area (Å²) < 4.78 is 17.8. The molecule has 1 rings (SSSR count). The molecule has 0 bridgehead atoms. The summed E-state index contributed by atoms with van der Waals surface area (Å²) in [4.78, 5) is 11.5. The predicted molar refractivity (Wildman–Crippen MR) is 57.2 cm³/mol. The molecule has 0 aliphatic carbocycles. The maximum absolute atomic E-state index is 13.0. The van der Waals surface area contributed by atoms with Crippen molar-refractivity contribution >= 4 is 17.4 Å². The van der Waals surface area contributed by atoms with Gasteiger partial charge < -0.3 is 4.74 Å². The van der Waals surface area contributed by atoms with Gasteiger partial charge in [0.1, 0.15) is 0 Å². The molecule has 0 N–H and O–H groups in total. The lowest BCUT2D eigenvalue weighted by Gasteiger charge is -2.04. The van der Waals surface area contributed by atoms with Crippen LogP contribution in [0.1, 0.15) is 23.2 Å². The Labute approximate surface area is 93.0 Å². The molecular formula is C11H12ClFO2. The van der Waals surface area contributed by atoms with Gasteiger partial charge in [-0.3, -0.25) is 4.79 Å². The summed E-state index contributed by atoms with van der Waals surface area (Å²) in [6, 6.07) is 4.09. The van der Waals surface area contributed by atoms with Crippen molar-refractivity contribution < 1.29 is 13.9 Å². The summed E-state index contributed by atoms with van der Waals surface area (Å²) in [5.41, 5.74) is 0.457. The van der Waals surface area contributed by atoms with E-state index in [1.165, 1.54) is 25.3 Å². The van der Waals surface area contributed by atoms with E-state index in [2.05, 4.69) is 0 Å². The van der Waals surface area contributed by atoms with Crippen LogP contribution in [-0.4, -0.2) is 18.8 Å². The van der Waals surface area contributed by atoms with E-state index in [-0.39, 0.29) is 11.5 Å². The lowest BCUT2D eigenvalue weighted by molar-refractivity contribution is 0.0981. The summed E-state index contributed by atoms with van der Waals surface area (Å²) in [5.74, 6) is 0.0245. The first kappa shape index (κ1) is 12.0. The van der Waals surface area contributed by atoms with Crippen molar-refractivity contribution in [1.29, 1.82) is 0 Å². The number of alkyl halides is 1. The molecule has 0 fully saturated rings. The van der Waals surface area contributed by atoms with Crippen LogP contribution in [0.15, 0.2) is 18.2 Å². The number of ether oxygens (including phenoxy) is 1. The lowest BCUT2D eigenvalue weighted by Crippen LogP contribution is -2.00. The van der Waals surface area contributed by atoms with Crippen LogP contribution in [-0.2, 0) is 0 Å². The summed E-state index contributed by atoms with van der Waals surface area (Å²) >= 11 is 5.48. The van der Waals surface area contributed by atoms with Gasteiger partial charge in [0, 0.05) is 17.9 Å². The van der Waals surface area contributed by atoms with E-state index >= 15 is 0 Å². The van der Waals surface area contributed by atoms with Crippen LogP contribution in [0.2, 0.25) is 0 Å². The zero-order valence-electron chi connectivity index (χ0n) is 8.43. The highest BCUT2D eigenvalue weighted by atomic mass is 35.5. The molecule has 0 aliphatic heterocycles. The topological polar surface area (TPSA) is 26.3 Å². The molecule has 0 radical (unpaired) electrons. The van der Waals surface area contributed by atoms with Crippen molar-refractivity contribution in [3.05, 3.63) is 29.6 Å². The highest BCUT2D eigenvalue weighted by molar-refractivity contribution is 6.18. The van der Waals surface area contributed by atoms with Crippen molar-refractivity contribution in [3.8, 4) is 5.75 Å². The van der Waals surface area contributed by atoms with E-state index in [1.54, 1.807) is 0 Å². The van der Waals surface area contributed by atoms with E-state index < -0.39 is 5.82 Å². The Morgan fingerprint density at radius 1 is 1.53 bits per heavy atom. The number of carbonyl (C=O) groups excluding carboxylic acids is 1. The third kappa shape index (κ3) is 3.20. The normalized spacial score (nSPS) is 10.1. The third-order valence-electron chi connectivity index (χ3n) is 2.01. The molecule has 0 spiro atoms. The molecule has 0 aromatic heterocycles. The summed E-state index contributed by atoms with van der Waals surface area (Å²) in [6.07, 6.45) is 0.998. The minimum atomic E-state index is -0.466. The van der Waals surface area contributed by atoms with Gasteiger partial charge in [0.05, 0.1) is 7.11 Å². The summed E-state index contributed by atoms with van der Waals surface area (Å²) in [5, 5.41) is 0. The minimum absolute atomic E-state index is 0.0473. The first-order valence-electron chi connectivity index (χ1n) is 4.61. The average molecular weight is 231 g/mol. The van der Waals surface area contributed by atoms with Gasteiger partial charge >= 0.3 is 0 Å². The molecule has 0 atom stereocenters. The minimum Gasteiger partial charge on any atom is -0.494 e. The quantitative estimate of drug-likeness (QED) is 0.574. The van der Waals surface area contributed by atoms with Crippen molar-refractivity contribution in [1.82, 2.24) is 0 Å². The zero-order valence-corrected chi connectivity index (χ0v) is 9.18. The monoisotopic (exact) mass is 230 g/mol. The van der Waals surface area contributed by atoms with Crippen molar-refractivity contribution in [3.63, 3.8) is 0 Å². The zero-order chi connectivity index (χ0) is 11.3. The first-order valence-corrected chi connectivity index (χ1v) is 5.15. The Balaban J connectivity index is 2.81. The smallest absolute Gasteiger partial charge is 0.165 e. The second-order valence-electron chi connectivity index (χ2n) is 3.07. The van der Waals surface area contributed by atoms with Crippen LogP contribution in [0.25, 0.3) is 0 Å². The third-order valence-corrected chi connectivity index (χ3v) is 2.28. The van der Waals surface area contributed by atoms with Crippen LogP contribution in [0.3, 0.4) is 0 Å². The predicted octanol–water partition coefficient (Wildman–Crippen LogP) is 3.04. The van der Waals surface area contributed by atoms with Gasteiger partial charge in [0.15, 0.2) is 17.3 Å². The molecule has 0 unspecified atom stereocenters. The molecule has 0 heterocycles. The fourth-order valence-corrected chi connectivity index (χ4v) is 1.34. The molecule has 82 valence electrons. The van der Waals surface area contributed by atoms with E-state index in [0.717, 1.165) is 0 Å². The molecule has 15 heavy (non-hydrogen) atoms. The molecule has 4 heteroatoms. The molecule has 0 saturated carbocycles. The number of carbonyl (C=O) groups is 1. The maximum atomic E-state index is 13.0. The molecular weight excluding hydrogens is 219 g/mol. The fourth-order valence-electron chi connectivity index (χ4n) is 1.20. The number of benzene rings is 1. The van der Waals surface area contributed by atoms with E-state index in [9.17, 15) is 9.18 Å². The maximum Gasteiger partial charge on any atom is 0.165 e. The number of Topliss-reactive ketones (excluding diaryl/α,β-unsaturated/α-hetero) is 1. The lowest BCUT2D eigenvalue weighted by atomic mass is 10.1. The average Bonchev–Trinajstić information content (AvgIpc) is 2.26. The van der Waals surface area contributed by atoms with Gasteiger partial charge in [0.2, 0.25) is 0 Å².